The van der Waals surface area contributed by atoms with Gasteiger partial charge in [0.1, 0.15) is 15.8 Å². The molecule has 2 rings (SSSR count). The summed E-state index contributed by atoms with van der Waals surface area (Å²) >= 11 is 17.4. The molecule has 1 aromatic carbocycles. The van der Waals surface area contributed by atoms with Crippen molar-refractivity contribution in [2.75, 3.05) is 14.2 Å². The second kappa shape index (κ2) is 6.35. The quantitative estimate of drug-likeness (QED) is 0.650. The summed E-state index contributed by atoms with van der Waals surface area (Å²) in [4.78, 5) is 0.960. The summed E-state index contributed by atoms with van der Waals surface area (Å²) in [5.41, 5.74) is 0.885. The third kappa shape index (κ3) is 3.19. The van der Waals surface area contributed by atoms with E-state index >= 15 is 0 Å². The molecule has 1 unspecified atom stereocenters. The third-order valence-electron chi connectivity index (χ3n) is 2.63. The monoisotopic (exact) mass is 380 g/mol. The normalized spacial score (nSPS) is 12.3. The van der Waals surface area contributed by atoms with Gasteiger partial charge < -0.3 is 9.47 Å². The molecule has 2 aromatic rings. The lowest BCUT2D eigenvalue weighted by atomic mass is 10.1. The first-order valence-electron chi connectivity index (χ1n) is 5.37. The predicted octanol–water partition coefficient (Wildman–Crippen LogP) is 5.51. The Labute approximate surface area is 134 Å². The van der Waals surface area contributed by atoms with Crippen LogP contribution in [0.2, 0.25) is 4.34 Å². The molecule has 0 aliphatic heterocycles. The van der Waals surface area contributed by atoms with E-state index in [1.54, 1.807) is 14.2 Å². The Bertz CT molecular complexity index is 567. The average Bonchev–Trinajstić information content (AvgIpc) is 2.77. The second-order valence-corrected chi connectivity index (χ2v) is 6.72. The van der Waals surface area contributed by atoms with Crippen molar-refractivity contribution in [2.45, 2.75) is 5.38 Å². The molecule has 0 fully saturated rings. The number of hydrogen-bond donors (Lipinski definition) is 0. The number of ether oxygens (including phenoxy) is 2. The van der Waals surface area contributed by atoms with Crippen LogP contribution in [0.25, 0.3) is 0 Å². The Morgan fingerprint density at radius 3 is 2.47 bits per heavy atom. The zero-order chi connectivity index (χ0) is 14.0. The fourth-order valence-corrected chi connectivity index (χ4v) is 3.78. The Balaban J connectivity index is 2.40. The van der Waals surface area contributed by atoms with Gasteiger partial charge in [0.25, 0.3) is 0 Å². The Kier molecular flexibility index (Phi) is 5.01. The van der Waals surface area contributed by atoms with E-state index in [2.05, 4.69) is 15.9 Å². The van der Waals surface area contributed by atoms with Crippen molar-refractivity contribution in [2.24, 2.45) is 0 Å². The molecule has 2 nitrogen and oxygen atoms in total. The van der Waals surface area contributed by atoms with Gasteiger partial charge in [0.2, 0.25) is 0 Å². The van der Waals surface area contributed by atoms with Gasteiger partial charge in [0.05, 0.1) is 19.6 Å². The first-order valence-corrected chi connectivity index (χ1v) is 7.80. The Hall–Kier alpha value is -0.420. The second-order valence-electron chi connectivity index (χ2n) is 3.74. The molecule has 1 aromatic heterocycles. The molecule has 0 N–H and O–H groups in total. The molecule has 0 bridgehead atoms. The van der Waals surface area contributed by atoms with Crippen LogP contribution in [0, 0.1) is 0 Å². The van der Waals surface area contributed by atoms with Crippen LogP contribution in [0.1, 0.15) is 15.8 Å². The molecule has 6 heteroatoms. The van der Waals surface area contributed by atoms with Crippen LogP contribution < -0.4 is 9.47 Å². The van der Waals surface area contributed by atoms with Gasteiger partial charge in [-0.15, -0.1) is 22.9 Å². The highest BCUT2D eigenvalue weighted by molar-refractivity contribution is 9.10. The van der Waals surface area contributed by atoms with Crippen molar-refractivity contribution >= 4 is 50.5 Å². The molecule has 0 saturated heterocycles. The number of rotatable bonds is 4. The molecular weight excluding hydrogens is 371 g/mol. The van der Waals surface area contributed by atoms with Crippen molar-refractivity contribution in [3.63, 3.8) is 0 Å². The average molecular weight is 382 g/mol. The molecule has 102 valence electrons. The van der Waals surface area contributed by atoms with Crippen LogP contribution in [0.3, 0.4) is 0 Å². The number of thiophene rings is 1. The number of benzene rings is 1. The van der Waals surface area contributed by atoms with Gasteiger partial charge in [-0.3, -0.25) is 0 Å². The summed E-state index contributed by atoms with van der Waals surface area (Å²) in [5.74, 6) is 1.43. The van der Waals surface area contributed by atoms with E-state index in [0.717, 1.165) is 20.7 Å². The molecule has 0 aliphatic rings. The molecule has 0 aliphatic carbocycles. The van der Waals surface area contributed by atoms with Crippen molar-refractivity contribution in [3.8, 4) is 11.5 Å². The zero-order valence-corrected chi connectivity index (χ0v) is 14.2. The van der Waals surface area contributed by atoms with Gasteiger partial charge in [-0.25, -0.2) is 0 Å². The van der Waals surface area contributed by atoms with E-state index in [-0.39, 0.29) is 5.38 Å². The summed E-state index contributed by atoms with van der Waals surface area (Å²) < 4.78 is 12.1. The van der Waals surface area contributed by atoms with Crippen molar-refractivity contribution < 1.29 is 9.47 Å². The largest absolute Gasteiger partial charge is 0.497 e. The zero-order valence-electron chi connectivity index (χ0n) is 10.2. The summed E-state index contributed by atoms with van der Waals surface area (Å²) in [6.45, 7) is 0. The van der Waals surface area contributed by atoms with Gasteiger partial charge in [0.15, 0.2) is 0 Å². The minimum absolute atomic E-state index is 0.311. The maximum absolute atomic E-state index is 6.51. The van der Waals surface area contributed by atoms with Crippen LogP contribution in [0.15, 0.2) is 28.7 Å². The van der Waals surface area contributed by atoms with Crippen LogP contribution in [0.5, 0.6) is 11.5 Å². The fraction of sp³-hybridized carbons (Fsp3) is 0.231. The van der Waals surface area contributed by atoms with E-state index < -0.39 is 0 Å². The van der Waals surface area contributed by atoms with E-state index in [9.17, 15) is 0 Å². The van der Waals surface area contributed by atoms with Gasteiger partial charge >= 0.3 is 0 Å². The number of methoxy groups -OCH3 is 2. The molecule has 0 amide bonds. The highest BCUT2D eigenvalue weighted by Crippen LogP contribution is 2.43. The van der Waals surface area contributed by atoms with E-state index in [1.807, 2.05) is 24.3 Å². The molecule has 0 radical (unpaired) electrons. The summed E-state index contributed by atoms with van der Waals surface area (Å²) in [5, 5.41) is -0.311. The SMILES string of the molecule is COc1ccc(C(Cl)c2cc(Br)c(Cl)s2)c(OC)c1. The number of alkyl halides is 1. The first-order chi connectivity index (χ1) is 9.06. The highest BCUT2D eigenvalue weighted by Gasteiger charge is 2.19. The van der Waals surface area contributed by atoms with Crippen molar-refractivity contribution in [1.29, 1.82) is 0 Å². The molecule has 19 heavy (non-hydrogen) atoms. The lowest BCUT2D eigenvalue weighted by Gasteiger charge is -2.13. The lowest BCUT2D eigenvalue weighted by Crippen LogP contribution is -1.96. The van der Waals surface area contributed by atoms with E-state index in [4.69, 9.17) is 32.7 Å². The Morgan fingerprint density at radius 2 is 1.95 bits per heavy atom. The van der Waals surface area contributed by atoms with Gasteiger partial charge in [0, 0.05) is 21.0 Å². The van der Waals surface area contributed by atoms with Gasteiger partial charge in [-0.05, 0) is 34.1 Å². The fourth-order valence-electron chi connectivity index (χ4n) is 1.67. The summed E-state index contributed by atoms with van der Waals surface area (Å²) in [7, 11) is 3.22. The Morgan fingerprint density at radius 1 is 1.21 bits per heavy atom. The molecule has 1 atom stereocenters. The molecule has 0 saturated carbocycles. The minimum Gasteiger partial charge on any atom is -0.497 e. The topological polar surface area (TPSA) is 18.5 Å². The minimum atomic E-state index is -0.311. The van der Waals surface area contributed by atoms with Crippen LogP contribution in [-0.4, -0.2) is 14.2 Å². The van der Waals surface area contributed by atoms with Gasteiger partial charge in [-0.2, -0.15) is 0 Å². The van der Waals surface area contributed by atoms with E-state index in [0.29, 0.717) is 10.1 Å². The van der Waals surface area contributed by atoms with Crippen LogP contribution in [0.4, 0.5) is 0 Å². The van der Waals surface area contributed by atoms with E-state index in [1.165, 1.54) is 11.3 Å². The highest BCUT2D eigenvalue weighted by atomic mass is 79.9. The van der Waals surface area contributed by atoms with Crippen LogP contribution >= 0.6 is 50.5 Å². The van der Waals surface area contributed by atoms with Crippen molar-refractivity contribution in [3.05, 3.63) is 43.5 Å². The number of hydrogen-bond acceptors (Lipinski definition) is 3. The smallest absolute Gasteiger partial charge is 0.127 e. The summed E-state index contributed by atoms with van der Waals surface area (Å²) in [6, 6.07) is 7.50. The van der Waals surface area contributed by atoms with Crippen molar-refractivity contribution in [1.82, 2.24) is 0 Å². The number of halogens is 3. The standard InChI is InChI=1S/C13H11BrCl2O2S/c1-17-7-3-4-8(10(5-7)18-2)12(15)11-6-9(14)13(16)19-11/h3-6,12H,1-2H3. The van der Waals surface area contributed by atoms with Gasteiger partial charge in [-0.1, -0.05) is 11.6 Å². The predicted molar refractivity (Wildman–Crippen MR) is 84.3 cm³/mol. The molecular formula is C13H11BrCl2O2S. The lowest BCUT2D eigenvalue weighted by molar-refractivity contribution is 0.391. The molecule has 1 heterocycles. The third-order valence-corrected chi connectivity index (χ3v) is 5.77. The molecule has 0 spiro atoms. The summed E-state index contributed by atoms with van der Waals surface area (Å²) in [6.07, 6.45) is 0. The first kappa shape index (κ1) is 15.0. The van der Waals surface area contributed by atoms with Crippen LogP contribution in [-0.2, 0) is 0 Å². The maximum Gasteiger partial charge on any atom is 0.127 e. The maximum atomic E-state index is 6.51.